The summed E-state index contributed by atoms with van der Waals surface area (Å²) in [6, 6.07) is 6.65. The van der Waals surface area contributed by atoms with Crippen molar-refractivity contribution in [3.8, 4) is 16.2 Å². The molecule has 0 aliphatic heterocycles. The van der Waals surface area contributed by atoms with Gasteiger partial charge in [-0.05, 0) is 12.1 Å². The number of nitrogens with two attached hydrogens (primary N) is 1. The number of carbonyl (C=O) groups is 1. The van der Waals surface area contributed by atoms with Gasteiger partial charge in [-0.25, -0.2) is 4.98 Å². The van der Waals surface area contributed by atoms with Crippen molar-refractivity contribution < 1.29 is 23.1 Å². The molecule has 23 heavy (non-hydrogen) atoms. The largest absolute Gasteiger partial charge is 0.504 e. The Balaban J connectivity index is 2.24. The standard InChI is InChI=1S/C15H9F3N2O2S/c16-15(17,18)9-4-2-1-3-8(9)10-5-7-6-20-11(14(19)22)12(21)13(7)23-10/h1-6,21H,(H2,19,22). The molecule has 8 heteroatoms. The summed E-state index contributed by atoms with van der Waals surface area (Å²) >= 11 is 0.941. The van der Waals surface area contributed by atoms with Gasteiger partial charge < -0.3 is 10.8 Å². The molecule has 3 rings (SSSR count). The van der Waals surface area contributed by atoms with Gasteiger partial charge in [-0.3, -0.25) is 4.79 Å². The Bertz CT molecular complexity index is 919. The Morgan fingerprint density at radius 2 is 1.96 bits per heavy atom. The van der Waals surface area contributed by atoms with Crippen LogP contribution in [-0.4, -0.2) is 16.0 Å². The molecule has 3 N–H and O–H groups in total. The average molecular weight is 338 g/mol. The number of pyridine rings is 1. The summed E-state index contributed by atoms with van der Waals surface area (Å²) in [7, 11) is 0. The minimum Gasteiger partial charge on any atom is -0.504 e. The normalized spacial score (nSPS) is 11.8. The van der Waals surface area contributed by atoms with Crippen LogP contribution in [0.2, 0.25) is 0 Å². The summed E-state index contributed by atoms with van der Waals surface area (Å²) in [6.07, 6.45) is -3.20. The van der Waals surface area contributed by atoms with Crippen LogP contribution in [0.5, 0.6) is 5.75 Å². The summed E-state index contributed by atoms with van der Waals surface area (Å²) in [5.74, 6) is -1.33. The molecule has 2 heterocycles. The molecule has 1 amide bonds. The van der Waals surface area contributed by atoms with Crippen molar-refractivity contribution in [3.63, 3.8) is 0 Å². The smallest absolute Gasteiger partial charge is 0.417 e. The molecular weight excluding hydrogens is 329 g/mol. The van der Waals surface area contributed by atoms with Gasteiger partial charge in [0.05, 0.1) is 10.3 Å². The molecule has 1 aromatic carbocycles. The van der Waals surface area contributed by atoms with Gasteiger partial charge in [-0.1, -0.05) is 18.2 Å². The fourth-order valence-corrected chi connectivity index (χ4v) is 3.36. The maximum absolute atomic E-state index is 13.1. The topological polar surface area (TPSA) is 76.2 Å². The number of amides is 1. The lowest BCUT2D eigenvalue weighted by Gasteiger charge is -2.10. The lowest BCUT2D eigenvalue weighted by atomic mass is 10.1. The van der Waals surface area contributed by atoms with Crippen LogP contribution in [0.4, 0.5) is 13.2 Å². The van der Waals surface area contributed by atoms with Gasteiger partial charge in [0.25, 0.3) is 5.91 Å². The predicted molar refractivity (Wildman–Crippen MR) is 80.2 cm³/mol. The first-order valence-corrected chi connectivity index (χ1v) is 7.18. The highest BCUT2D eigenvalue weighted by atomic mass is 32.1. The summed E-state index contributed by atoms with van der Waals surface area (Å²) in [6.45, 7) is 0. The van der Waals surface area contributed by atoms with E-state index in [1.165, 1.54) is 30.5 Å². The Morgan fingerprint density at radius 3 is 2.61 bits per heavy atom. The van der Waals surface area contributed by atoms with Crippen molar-refractivity contribution in [2.45, 2.75) is 6.18 Å². The van der Waals surface area contributed by atoms with Gasteiger partial charge in [0, 0.05) is 22.0 Å². The summed E-state index contributed by atoms with van der Waals surface area (Å²) in [5.41, 5.74) is 4.02. The molecule has 0 aliphatic rings. The van der Waals surface area contributed by atoms with Gasteiger partial charge in [0.2, 0.25) is 0 Å². The van der Waals surface area contributed by atoms with Crippen LogP contribution in [0.15, 0.2) is 36.5 Å². The second kappa shape index (κ2) is 5.24. The van der Waals surface area contributed by atoms with E-state index in [9.17, 15) is 23.1 Å². The fraction of sp³-hybridized carbons (Fsp3) is 0.0667. The fourth-order valence-electron chi connectivity index (χ4n) is 2.25. The second-order valence-electron chi connectivity index (χ2n) is 4.76. The second-order valence-corrected chi connectivity index (χ2v) is 5.81. The van der Waals surface area contributed by atoms with Gasteiger partial charge in [0.15, 0.2) is 11.4 Å². The molecule has 2 aromatic heterocycles. The Labute approximate surface area is 132 Å². The van der Waals surface area contributed by atoms with Crippen LogP contribution in [0.3, 0.4) is 0 Å². The summed E-state index contributed by atoms with van der Waals surface area (Å²) < 4.78 is 39.6. The third kappa shape index (κ3) is 2.61. The van der Waals surface area contributed by atoms with E-state index >= 15 is 0 Å². The third-order valence-electron chi connectivity index (χ3n) is 3.26. The van der Waals surface area contributed by atoms with Crippen LogP contribution >= 0.6 is 11.3 Å². The molecule has 0 unspecified atom stereocenters. The Morgan fingerprint density at radius 1 is 1.26 bits per heavy atom. The molecule has 118 valence electrons. The molecule has 0 atom stereocenters. The van der Waals surface area contributed by atoms with Crippen LogP contribution in [0.1, 0.15) is 16.1 Å². The van der Waals surface area contributed by atoms with Crippen LogP contribution in [0.25, 0.3) is 20.5 Å². The third-order valence-corrected chi connectivity index (χ3v) is 4.46. The molecular formula is C15H9F3N2O2S. The number of aromatic hydroxyl groups is 1. The number of thiophene rings is 1. The maximum atomic E-state index is 13.1. The van der Waals surface area contributed by atoms with E-state index in [2.05, 4.69) is 4.98 Å². The highest BCUT2D eigenvalue weighted by Gasteiger charge is 2.33. The molecule has 0 radical (unpaired) electrons. The molecule has 0 saturated carbocycles. The SMILES string of the molecule is NC(=O)c1ncc2cc(-c3ccccc3C(F)(F)F)sc2c1O. The molecule has 4 nitrogen and oxygen atoms in total. The zero-order chi connectivity index (χ0) is 16.8. The number of nitrogens with zero attached hydrogens (tertiary/aromatic N) is 1. The molecule has 0 aliphatic carbocycles. The highest BCUT2D eigenvalue weighted by Crippen LogP contribution is 2.43. The van der Waals surface area contributed by atoms with Crippen molar-refractivity contribution in [2.24, 2.45) is 5.73 Å². The summed E-state index contributed by atoms with van der Waals surface area (Å²) in [4.78, 5) is 15.2. The van der Waals surface area contributed by atoms with E-state index in [-0.39, 0.29) is 16.0 Å². The van der Waals surface area contributed by atoms with E-state index in [4.69, 9.17) is 5.73 Å². The number of carbonyl (C=O) groups excluding carboxylic acids is 1. The van der Waals surface area contributed by atoms with Crippen LogP contribution in [0, 0.1) is 0 Å². The number of aromatic nitrogens is 1. The zero-order valence-electron chi connectivity index (χ0n) is 11.4. The lowest BCUT2D eigenvalue weighted by Crippen LogP contribution is -2.12. The maximum Gasteiger partial charge on any atom is 0.417 e. The lowest BCUT2D eigenvalue weighted by molar-refractivity contribution is -0.137. The number of fused-ring (bicyclic) bond motifs is 1. The number of hydrogen-bond acceptors (Lipinski definition) is 4. The van der Waals surface area contributed by atoms with Crippen LogP contribution in [-0.2, 0) is 6.18 Å². The van der Waals surface area contributed by atoms with Crippen molar-refractivity contribution in [1.29, 1.82) is 0 Å². The Hall–Kier alpha value is -2.61. The number of rotatable bonds is 2. The average Bonchev–Trinajstić information content (AvgIpc) is 2.91. The molecule has 3 aromatic rings. The molecule has 0 saturated heterocycles. The quantitative estimate of drug-likeness (QED) is 0.746. The van der Waals surface area contributed by atoms with Crippen molar-refractivity contribution >= 4 is 27.3 Å². The Kier molecular flexibility index (Phi) is 3.48. The minimum absolute atomic E-state index is 0.00113. The number of benzene rings is 1. The minimum atomic E-state index is -4.49. The number of alkyl halides is 3. The number of halogens is 3. The van der Waals surface area contributed by atoms with Gasteiger partial charge in [-0.15, -0.1) is 11.3 Å². The van der Waals surface area contributed by atoms with Crippen molar-refractivity contribution in [1.82, 2.24) is 4.98 Å². The predicted octanol–water partition coefficient (Wildman–Crippen LogP) is 3.79. The van der Waals surface area contributed by atoms with Gasteiger partial charge in [0.1, 0.15) is 0 Å². The van der Waals surface area contributed by atoms with E-state index in [0.29, 0.717) is 10.3 Å². The van der Waals surface area contributed by atoms with E-state index < -0.39 is 23.4 Å². The van der Waals surface area contributed by atoms with E-state index in [1.54, 1.807) is 0 Å². The van der Waals surface area contributed by atoms with Crippen molar-refractivity contribution in [2.75, 3.05) is 0 Å². The molecule has 0 bridgehead atoms. The van der Waals surface area contributed by atoms with E-state index in [1.807, 2.05) is 0 Å². The van der Waals surface area contributed by atoms with Crippen LogP contribution < -0.4 is 5.73 Å². The van der Waals surface area contributed by atoms with E-state index in [0.717, 1.165) is 17.4 Å². The number of hydrogen-bond donors (Lipinski definition) is 2. The van der Waals surface area contributed by atoms with Gasteiger partial charge in [-0.2, -0.15) is 13.2 Å². The monoisotopic (exact) mass is 338 g/mol. The summed E-state index contributed by atoms with van der Waals surface area (Å²) in [5, 5.41) is 10.5. The van der Waals surface area contributed by atoms with Gasteiger partial charge >= 0.3 is 6.18 Å². The van der Waals surface area contributed by atoms with Crippen molar-refractivity contribution in [3.05, 3.63) is 47.8 Å². The molecule has 0 fully saturated rings. The first-order chi connectivity index (χ1) is 10.8. The zero-order valence-corrected chi connectivity index (χ0v) is 12.2. The highest BCUT2D eigenvalue weighted by molar-refractivity contribution is 7.22. The molecule has 0 spiro atoms. The first-order valence-electron chi connectivity index (χ1n) is 6.37. The first kappa shape index (κ1) is 15.3. The number of primary amides is 1.